The van der Waals surface area contributed by atoms with Crippen LogP contribution in [0.4, 0.5) is 0 Å². The van der Waals surface area contributed by atoms with Crippen LogP contribution in [0.25, 0.3) is 10.6 Å². The van der Waals surface area contributed by atoms with Crippen molar-refractivity contribution in [3.05, 3.63) is 39.9 Å². The zero-order valence-corrected chi connectivity index (χ0v) is 13.9. The van der Waals surface area contributed by atoms with Gasteiger partial charge in [0.15, 0.2) is 0 Å². The number of rotatable bonds is 8. The van der Waals surface area contributed by atoms with E-state index >= 15 is 0 Å². The molecule has 0 atom stereocenters. The zero-order valence-electron chi connectivity index (χ0n) is 12.3. The van der Waals surface area contributed by atoms with Gasteiger partial charge in [-0.05, 0) is 24.1 Å². The van der Waals surface area contributed by atoms with Crippen LogP contribution in [0.5, 0.6) is 0 Å². The summed E-state index contributed by atoms with van der Waals surface area (Å²) in [5, 5.41) is 20.9. The van der Waals surface area contributed by atoms with Gasteiger partial charge in [-0.2, -0.15) is 0 Å². The Balaban J connectivity index is 2.13. The van der Waals surface area contributed by atoms with E-state index in [1.54, 1.807) is 17.5 Å². The van der Waals surface area contributed by atoms with Gasteiger partial charge >= 0.3 is 5.97 Å². The molecule has 0 fully saturated rings. The van der Waals surface area contributed by atoms with Gasteiger partial charge < -0.3 is 10.2 Å². The first kappa shape index (κ1) is 17.6. The second-order valence-electron chi connectivity index (χ2n) is 5.03. The van der Waals surface area contributed by atoms with E-state index in [-0.39, 0.29) is 31.7 Å². The number of halogens is 1. The molecule has 122 valence electrons. The standard InChI is InChI=1S/C16H16ClNO4S/c17-11-1-3-14(10(7-11)5-6-19)16-18-12(9-23-16)8-13(20)2-4-15(21)22/h1,3,7,9,19H,2,4-6,8H2,(H,21,22). The monoisotopic (exact) mass is 353 g/mol. The molecule has 0 aliphatic rings. The molecule has 0 saturated heterocycles. The third kappa shape index (κ3) is 5.13. The highest BCUT2D eigenvalue weighted by Crippen LogP contribution is 2.29. The third-order valence-corrected chi connectivity index (χ3v) is 4.39. The molecule has 2 aromatic rings. The number of carboxylic acid groups (broad SMARTS) is 1. The Bertz CT molecular complexity index is 714. The minimum absolute atomic E-state index is 0.0128. The maximum Gasteiger partial charge on any atom is 0.303 e. The number of hydrogen-bond acceptors (Lipinski definition) is 5. The number of carboxylic acids is 1. The summed E-state index contributed by atoms with van der Waals surface area (Å²) in [6.45, 7) is 0.0131. The highest BCUT2D eigenvalue weighted by Gasteiger charge is 2.13. The summed E-state index contributed by atoms with van der Waals surface area (Å²) in [5.41, 5.74) is 2.42. The molecule has 5 nitrogen and oxygen atoms in total. The lowest BCUT2D eigenvalue weighted by atomic mass is 10.1. The van der Waals surface area contributed by atoms with Crippen molar-refractivity contribution in [1.82, 2.24) is 4.98 Å². The first-order valence-corrected chi connectivity index (χ1v) is 8.33. The molecule has 0 saturated carbocycles. The summed E-state index contributed by atoms with van der Waals surface area (Å²) < 4.78 is 0. The number of ketones is 1. The lowest BCUT2D eigenvalue weighted by Gasteiger charge is -2.06. The number of aromatic nitrogens is 1. The van der Waals surface area contributed by atoms with Crippen LogP contribution in [0.3, 0.4) is 0 Å². The van der Waals surface area contributed by atoms with Crippen LogP contribution in [0.1, 0.15) is 24.1 Å². The Kier molecular flexibility index (Phi) is 6.27. The van der Waals surface area contributed by atoms with Crippen LogP contribution < -0.4 is 0 Å². The molecule has 0 amide bonds. The Hall–Kier alpha value is -1.76. The van der Waals surface area contributed by atoms with E-state index in [2.05, 4.69) is 4.98 Å². The highest BCUT2D eigenvalue weighted by molar-refractivity contribution is 7.13. The summed E-state index contributed by atoms with van der Waals surface area (Å²) in [4.78, 5) is 26.6. The molecule has 0 unspecified atom stereocenters. The third-order valence-electron chi connectivity index (χ3n) is 3.23. The SMILES string of the molecule is O=C(O)CCC(=O)Cc1csc(-c2ccc(Cl)cc2CCO)n1. The van der Waals surface area contributed by atoms with Crippen molar-refractivity contribution in [3.63, 3.8) is 0 Å². The first-order chi connectivity index (χ1) is 11.0. The second-order valence-corrected chi connectivity index (χ2v) is 6.32. The Morgan fingerprint density at radius 2 is 2.04 bits per heavy atom. The number of carbonyl (C=O) groups is 2. The fourth-order valence-corrected chi connectivity index (χ4v) is 3.22. The van der Waals surface area contributed by atoms with Crippen LogP contribution in [-0.2, 0) is 22.4 Å². The van der Waals surface area contributed by atoms with Crippen molar-refractivity contribution < 1.29 is 19.8 Å². The molecule has 2 N–H and O–H groups in total. The number of aliphatic hydroxyl groups excluding tert-OH is 1. The number of nitrogens with zero attached hydrogens (tertiary/aromatic N) is 1. The molecular formula is C16H16ClNO4S. The topological polar surface area (TPSA) is 87.5 Å². The fraction of sp³-hybridized carbons (Fsp3) is 0.312. The van der Waals surface area contributed by atoms with E-state index in [0.717, 1.165) is 16.1 Å². The van der Waals surface area contributed by atoms with E-state index in [1.807, 2.05) is 6.07 Å². The molecule has 0 aliphatic carbocycles. The molecule has 1 aromatic heterocycles. The van der Waals surface area contributed by atoms with Crippen molar-refractivity contribution >= 4 is 34.7 Å². The minimum atomic E-state index is -0.980. The number of Topliss-reactive ketones (excluding diaryl/α,β-unsaturated/α-hetero) is 1. The maximum atomic E-state index is 11.7. The average Bonchev–Trinajstić information content (AvgIpc) is 2.94. The summed E-state index contributed by atoms with van der Waals surface area (Å²) >= 11 is 7.39. The largest absolute Gasteiger partial charge is 0.481 e. The van der Waals surface area contributed by atoms with Gasteiger partial charge in [0.2, 0.25) is 0 Å². The van der Waals surface area contributed by atoms with Gasteiger partial charge in [0, 0.05) is 35.4 Å². The van der Waals surface area contributed by atoms with Gasteiger partial charge in [0.1, 0.15) is 10.8 Å². The molecule has 7 heteroatoms. The maximum absolute atomic E-state index is 11.7. The van der Waals surface area contributed by atoms with Crippen LogP contribution in [0.2, 0.25) is 5.02 Å². The number of hydrogen-bond donors (Lipinski definition) is 2. The molecule has 0 radical (unpaired) electrons. The molecule has 0 bridgehead atoms. The number of carbonyl (C=O) groups excluding carboxylic acids is 1. The van der Waals surface area contributed by atoms with E-state index in [4.69, 9.17) is 21.8 Å². The molecule has 1 aromatic carbocycles. The molecule has 23 heavy (non-hydrogen) atoms. The minimum Gasteiger partial charge on any atom is -0.481 e. The number of benzene rings is 1. The summed E-state index contributed by atoms with van der Waals surface area (Å²) in [7, 11) is 0. The lowest BCUT2D eigenvalue weighted by Crippen LogP contribution is -2.06. The van der Waals surface area contributed by atoms with Crippen molar-refractivity contribution in [3.8, 4) is 10.6 Å². The van der Waals surface area contributed by atoms with Crippen molar-refractivity contribution in [2.75, 3.05) is 6.61 Å². The second kappa shape index (κ2) is 8.19. The molecule has 1 heterocycles. The van der Waals surface area contributed by atoms with Gasteiger partial charge in [0.25, 0.3) is 0 Å². The van der Waals surface area contributed by atoms with Gasteiger partial charge in [0.05, 0.1) is 12.1 Å². The number of thiazole rings is 1. The average molecular weight is 354 g/mol. The van der Waals surface area contributed by atoms with Crippen LogP contribution in [-0.4, -0.2) is 33.6 Å². The van der Waals surface area contributed by atoms with Crippen LogP contribution >= 0.6 is 22.9 Å². The van der Waals surface area contributed by atoms with Gasteiger partial charge in [-0.25, -0.2) is 4.98 Å². The van der Waals surface area contributed by atoms with Gasteiger partial charge in [-0.3, -0.25) is 9.59 Å². The van der Waals surface area contributed by atoms with Gasteiger partial charge in [-0.1, -0.05) is 17.7 Å². The Labute approximate surface area is 142 Å². The zero-order chi connectivity index (χ0) is 16.8. The number of aliphatic hydroxyl groups is 1. The van der Waals surface area contributed by atoms with Crippen molar-refractivity contribution in [2.45, 2.75) is 25.7 Å². The van der Waals surface area contributed by atoms with E-state index in [0.29, 0.717) is 17.1 Å². The fourth-order valence-electron chi connectivity index (χ4n) is 2.15. The van der Waals surface area contributed by atoms with Gasteiger partial charge in [-0.15, -0.1) is 11.3 Å². The summed E-state index contributed by atoms with van der Waals surface area (Å²) in [6.07, 6.45) is 0.460. The highest BCUT2D eigenvalue weighted by atomic mass is 35.5. The molecule has 0 aliphatic heterocycles. The Morgan fingerprint density at radius 3 is 2.74 bits per heavy atom. The van der Waals surface area contributed by atoms with Crippen molar-refractivity contribution in [1.29, 1.82) is 0 Å². The Morgan fingerprint density at radius 1 is 1.26 bits per heavy atom. The molecule has 0 spiro atoms. The summed E-state index contributed by atoms with van der Waals surface area (Å²) in [5.74, 6) is -1.12. The predicted molar refractivity (Wildman–Crippen MR) is 88.9 cm³/mol. The predicted octanol–water partition coefficient (Wildman–Crippen LogP) is 2.97. The quantitative estimate of drug-likeness (QED) is 0.761. The van der Waals surface area contributed by atoms with E-state index < -0.39 is 5.97 Å². The normalized spacial score (nSPS) is 10.7. The van der Waals surface area contributed by atoms with Crippen LogP contribution in [0.15, 0.2) is 23.6 Å². The van der Waals surface area contributed by atoms with E-state index in [1.165, 1.54) is 11.3 Å². The lowest BCUT2D eigenvalue weighted by molar-refractivity contribution is -0.138. The van der Waals surface area contributed by atoms with E-state index in [9.17, 15) is 9.59 Å². The van der Waals surface area contributed by atoms with Crippen molar-refractivity contribution in [2.24, 2.45) is 0 Å². The number of aliphatic carboxylic acids is 1. The first-order valence-electron chi connectivity index (χ1n) is 7.07. The van der Waals surface area contributed by atoms with Crippen LogP contribution in [0, 0.1) is 0 Å². The summed E-state index contributed by atoms with van der Waals surface area (Å²) in [6, 6.07) is 5.41. The molecule has 2 rings (SSSR count). The molecular weight excluding hydrogens is 338 g/mol. The smallest absolute Gasteiger partial charge is 0.303 e.